The van der Waals surface area contributed by atoms with E-state index in [9.17, 15) is 4.79 Å². The maximum Gasteiger partial charge on any atom is 0.337 e. The number of esters is 1. The lowest BCUT2D eigenvalue weighted by Gasteiger charge is -2.11. The summed E-state index contributed by atoms with van der Waals surface area (Å²) in [6.45, 7) is 0. The fraction of sp³-hybridized carbons (Fsp3) is 0.0500. The molecule has 2 heterocycles. The average molecular weight is 301 g/mol. The number of rotatable bonds is 1. The molecule has 0 amide bonds. The summed E-state index contributed by atoms with van der Waals surface area (Å²) in [5.41, 5.74) is 5.00. The van der Waals surface area contributed by atoms with Crippen LogP contribution in [0.4, 0.5) is 0 Å². The van der Waals surface area contributed by atoms with Gasteiger partial charge in [-0.2, -0.15) is 0 Å². The predicted octanol–water partition coefficient (Wildman–Crippen LogP) is 4.59. The quantitative estimate of drug-likeness (QED) is 0.615. The van der Waals surface area contributed by atoms with Gasteiger partial charge in [0.05, 0.1) is 23.9 Å². The first-order chi connectivity index (χ1) is 11.3. The number of carbonyl (C=O) groups is 1. The molecule has 0 spiro atoms. The molecule has 0 atom stereocenters. The van der Waals surface area contributed by atoms with E-state index in [0.717, 1.165) is 16.6 Å². The van der Waals surface area contributed by atoms with Crippen LogP contribution in [0.1, 0.15) is 15.9 Å². The van der Waals surface area contributed by atoms with E-state index in [-0.39, 0.29) is 5.97 Å². The van der Waals surface area contributed by atoms with Crippen molar-refractivity contribution in [2.45, 2.75) is 0 Å². The van der Waals surface area contributed by atoms with Crippen LogP contribution in [0.15, 0.2) is 60.7 Å². The van der Waals surface area contributed by atoms with Gasteiger partial charge in [0.15, 0.2) is 0 Å². The van der Waals surface area contributed by atoms with Crippen LogP contribution in [0.3, 0.4) is 0 Å². The summed E-state index contributed by atoms with van der Waals surface area (Å²) >= 11 is 0. The maximum absolute atomic E-state index is 11.8. The Bertz CT molecular complexity index is 976. The number of hydrogen-bond donors (Lipinski definition) is 0. The first kappa shape index (κ1) is 13.6. The Kier molecular flexibility index (Phi) is 3.12. The third kappa shape index (κ3) is 2.18. The molecule has 0 aliphatic carbocycles. The van der Waals surface area contributed by atoms with Crippen molar-refractivity contribution in [3.05, 3.63) is 71.8 Å². The van der Waals surface area contributed by atoms with Crippen molar-refractivity contribution in [2.24, 2.45) is 0 Å². The van der Waals surface area contributed by atoms with Crippen LogP contribution >= 0.6 is 0 Å². The molecule has 3 aromatic rings. The number of aromatic nitrogens is 1. The minimum Gasteiger partial charge on any atom is -0.465 e. The van der Waals surface area contributed by atoms with Crippen LogP contribution in [0.5, 0.6) is 0 Å². The van der Waals surface area contributed by atoms with Crippen LogP contribution in [0.25, 0.3) is 34.4 Å². The Hall–Kier alpha value is -3.07. The summed E-state index contributed by atoms with van der Waals surface area (Å²) < 4.78 is 6.94. The molecule has 1 aliphatic rings. The highest BCUT2D eigenvalue weighted by atomic mass is 16.5. The number of hydrogen-bond acceptors (Lipinski definition) is 2. The second kappa shape index (κ2) is 5.29. The fourth-order valence-electron chi connectivity index (χ4n) is 3.00. The second-order valence-electron chi connectivity index (χ2n) is 5.45. The summed E-state index contributed by atoms with van der Waals surface area (Å²) in [7, 11) is 1.40. The van der Waals surface area contributed by atoms with Gasteiger partial charge in [0.1, 0.15) is 0 Å². The third-order valence-electron chi connectivity index (χ3n) is 4.12. The van der Waals surface area contributed by atoms with Gasteiger partial charge in [0.25, 0.3) is 0 Å². The molecule has 2 aromatic carbocycles. The van der Waals surface area contributed by atoms with Crippen LogP contribution in [-0.4, -0.2) is 17.6 Å². The van der Waals surface area contributed by atoms with Crippen molar-refractivity contribution in [1.82, 2.24) is 4.57 Å². The summed E-state index contributed by atoms with van der Waals surface area (Å²) in [5, 5.41) is 1.09. The topological polar surface area (TPSA) is 31.2 Å². The Labute approximate surface area is 134 Å². The van der Waals surface area contributed by atoms with E-state index in [1.54, 1.807) is 6.07 Å². The van der Waals surface area contributed by atoms with Gasteiger partial charge >= 0.3 is 5.97 Å². The Morgan fingerprint density at radius 2 is 1.91 bits per heavy atom. The minimum atomic E-state index is -0.322. The van der Waals surface area contributed by atoms with E-state index in [2.05, 4.69) is 28.8 Å². The molecule has 4 rings (SSSR count). The zero-order chi connectivity index (χ0) is 15.8. The van der Waals surface area contributed by atoms with Gasteiger partial charge in [-0.25, -0.2) is 4.79 Å². The molecule has 1 aromatic heterocycles. The lowest BCUT2D eigenvalue weighted by Crippen LogP contribution is -2.01. The van der Waals surface area contributed by atoms with Crippen molar-refractivity contribution >= 4 is 29.1 Å². The summed E-state index contributed by atoms with van der Waals surface area (Å²) in [6.07, 6.45) is 8.15. The van der Waals surface area contributed by atoms with Crippen molar-refractivity contribution in [2.75, 3.05) is 7.11 Å². The normalized spacial score (nSPS) is 15.2. The van der Waals surface area contributed by atoms with Gasteiger partial charge in [0, 0.05) is 17.1 Å². The predicted molar refractivity (Wildman–Crippen MR) is 93.1 cm³/mol. The van der Waals surface area contributed by atoms with Crippen LogP contribution < -0.4 is 0 Å². The molecule has 3 nitrogen and oxygen atoms in total. The first-order valence-corrected chi connectivity index (χ1v) is 7.45. The van der Waals surface area contributed by atoms with Gasteiger partial charge < -0.3 is 9.30 Å². The summed E-state index contributed by atoms with van der Waals surface area (Å²) in [5.74, 6) is -0.322. The van der Waals surface area contributed by atoms with Gasteiger partial charge in [-0.1, -0.05) is 42.5 Å². The molecule has 0 radical (unpaired) electrons. The Morgan fingerprint density at radius 1 is 1.04 bits per heavy atom. The lowest BCUT2D eigenvalue weighted by molar-refractivity contribution is 0.0601. The molecule has 112 valence electrons. The van der Waals surface area contributed by atoms with E-state index in [1.165, 1.54) is 18.2 Å². The van der Waals surface area contributed by atoms with Crippen molar-refractivity contribution in [3.8, 4) is 11.3 Å². The van der Waals surface area contributed by atoms with Crippen molar-refractivity contribution < 1.29 is 9.53 Å². The van der Waals surface area contributed by atoms with Crippen LogP contribution in [-0.2, 0) is 4.74 Å². The third-order valence-corrected chi connectivity index (χ3v) is 4.12. The number of nitrogens with zero attached hydrogens (tertiary/aromatic N) is 1. The second-order valence-corrected chi connectivity index (χ2v) is 5.45. The van der Waals surface area contributed by atoms with E-state index in [0.29, 0.717) is 5.56 Å². The van der Waals surface area contributed by atoms with Gasteiger partial charge in [-0.3, -0.25) is 0 Å². The SMILES string of the molecule is COC(=O)c1ccc2cc3n(c2c1)/C=C\C=C/c1ccccc1-3. The number of ether oxygens (including phenoxy) is 1. The lowest BCUT2D eigenvalue weighted by atomic mass is 10.0. The van der Waals surface area contributed by atoms with E-state index < -0.39 is 0 Å². The standard InChI is InChI=1S/C20H15NO2/c1-23-20(22)16-10-9-15-12-19-17-8-3-2-6-14(17)7-4-5-11-21(19)18(15)13-16/h2-13H,1H3/b7-4-,11-5-. The number of carbonyl (C=O) groups excluding carboxylic acids is 1. The highest BCUT2D eigenvalue weighted by Crippen LogP contribution is 2.33. The monoisotopic (exact) mass is 301 g/mol. The van der Waals surface area contributed by atoms with E-state index in [1.807, 2.05) is 42.6 Å². The number of benzene rings is 2. The highest BCUT2D eigenvalue weighted by Gasteiger charge is 2.14. The van der Waals surface area contributed by atoms with Crippen molar-refractivity contribution in [1.29, 1.82) is 0 Å². The molecule has 0 saturated heterocycles. The molecule has 0 unspecified atom stereocenters. The Morgan fingerprint density at radius 3 is 2.78 bits per heavy atom. The van der Waals surface area contributed by atoms with Gasteiger partial charge in [0.2, 0.25) is 0 Å². The molecule has 1 aliphatic heterocycles. The molecule has 23 heavy (non-hydrogen) atoms. The van der Waals surface area contributed by atoms with Gasteiger partial charge in [-0.05, 0) is 29.8 Å². The summed E-state index contributed by atoms with van der Waals surface area (Å²) in [4.78, 5) is 11.8. The largest absolute Gasteiger partial charge is 0.465 e. The Balaban J connectivity index is 2.02. The minimum absolute atomic E-state index is 0.322. The zero-order valence-electron chi connectivity index (χ0n) is 12.7. The smallest absolute Gasteiger partial charge is 0.337 e. The fourth-order valence-corrected chi connectivity index (χ4v) is 3.00. The van der Waals surface area contributed by atoms with E-state index in [4.69, 9.17) is 4.74 Å². The molecular formula is C20H15NO2. The van der Waals surface area contributed by atoms with Gasteiger partial charge in [-0.15, -0.1) is 0 Å². The van der Waals surface area contributed by atoms with Crippen LogP contribution in [0, 0.1) is 0 Å². The molecule has 0 fully saturated rings. The zero-order valence-corrected chi connectivity index (χ0v) is 12.7. The van der Waals surface area contributed by atoms with Crippen LogP contribution in [0.2, 0.25) is 0 Å². The number of methoxy groups -OCH3 is 1. The summed E-state index contributed by atoms with van der Waals surface area (Å²) in [6, 6.07) is 16.1. The number of allylic oxidation sites excluding steroid dienone is 2. The molecule has 0 N–H and O–H groups in total. The van der Waals surface area contributed by atoms with Crippen molar-refractivity contribution in [3.63, 3.8) is 0 Å². The molecular weight excluding hydrogens is 286 g/mol. The first-order valence-electron chi connectivity index (χ1n) is 7.45. The molecule has 0 saturated carbocycles. The maximum atomic E-state index is 11.8. The number of fused-ring (bicyclic) bond motifs is 5. The average Bonchev–Trinajstić information content (AvgIpc) is 2.93. The molecule has 0 bridgehead atoms. The highest BCUT2D eigenvalue weighted by molar-refractivity contribution is 5.98. The van der Waals surface area contributed by atoms with E-state index >= 15 is 0 Å². The molecule has 3 heteroatoms.